The molecule has 3 aromatic heterocycles. The second kappa shape index (κ2) is 7.57. The monoisotopic (exact) mass is 410 g/mol. The first-order valence-electron chi connectivity index (χ1n) is 9.82. The molecular weight excluding hydrogens is 388 g/mol. The first-order chi connectivity index (χ1) is 14.2. The number of carbonyl (C=O) groups is 1. The van der Waals surface area contributed by atoms with Gasteiger partial charge in [-0.1, -0.05) is 11.3 Å². The van der Waals surface area contributed by atoms with Gasteiger partial charge in [0.2, 0.25) is 5.95 Å². The van der Waals surface area contributed by atoms with E-state index in [1.165, 1.54) is 11.3 Å². The van der Waals surface area contributed by atoms with E-state index in [0.717, 1.165) is 48.1 Å². The van der Waals surface area contributed by atoms with Crippen molar-refractivity contribution >= 4 is 29.0 Å². The number of ether oxygens (including phenoxy) is 1. The Morgan fingerprint density at radius 2 is 1.93 bits per heavy atom. The molecule has 1 amide bonds. The Balaban J connectivity index is 1.47. The molecule has 2 aliphatic rings. The van der Waals surface area contributed by atoms with Crippen LogP contribution in [0.25, 0.3) is 5.13 Å². The van der Waals surface area contributed by atoms with E-state index in [2.05, 4.69) is 14.9 Å². The molecule has 3 aromatic rings. The Morgan fingerprint density at radius 1 is 1.14 bits per heavy atom. The SMILES string of the molecule is Cc1nc(-n2cccc2)sc1C(=O)N1CCCc2cnc(N3CCOCC3)nc21. The average Bonchev–Trinajstić information content (AvgIpc) is 3.43. The number of hydrogen-bond donors (Lipinski definition) is 0. The lowest BCUT2D eigenvalue weighted by molar-refractivity contribution is 0.0987. The highest BCUT2D eigenvalue weighted by molar-refractivity contribution is 7.16. The van der Waals surface area contributed by atoms with Gasteiger partial charge in [0, 0.05) is 43.8 Å². The average molecular weight is 411 g/mol. The molecule has 1 fully saturated rings. The van der Waals surface area contributed by atoms with Crippen LogP contribution >= 0.6 is 11.3 Å². The molecule has 0 N–H and O–H groups in total. The topological polar surface area (TPSA) is 76.4 Å². The predicted octanol–water partition coefficient (Wildman–Crippen LogP) is 2.46. The fraction of sp³-hybridized carbons (Fsp3) is 0.400. The molecular formula is C20H22N6O2S. The van der Waals surface area contributed by atoms with Crippen LogP contribution in [-0.2, 0) is 11.2 Å². The number of amides is 1. The van der Waals surface area contributed by atoms with E-state index in [0.29, 0.717) is 30.6 Å². The summed E-state index contributed by atoms with van der Waals surface area (Å²) < 4.78 is 7.36. The lowest BCUT2D eigenvalue weighted by Crippen LogP contribution is -2.39. The van der Waals surface area contributed by atoms with Crippen LogP contribution in [0.5, 0.6) is 0 Å². The molecule has 5 heterocycles. The summed E-state index contributed by atoms with van der Waals surface area (Å²) >= 11 is 1.42. The van der Waals surface area contributed by atoms with Gasteiger partial charge < -0.3 is 14.2 Å². The molecule has 8 nitrogen and oxygen atoms in total. The molecule has 9 heteroatoms. The maximum atomic E-state index is 13.4. The molecule has 0 radical (unpaired) electrons. The van der Waals surface area contributed by atoms with Gasteiger partial charge in [0.25, 0.3) is 5.91 Å². The predicted molar refractivity (Wildman–Crippen MR) is 111 cm³/mol. The van der Waals surface area contributed by atoms with Crippen LogP contribution in [-0.4, -0.2) is 58.3 Å². The van der Waals surface area contributed by atoms with E-state index in [9.17, 15) is 4.79 Å². The second-order valence-electron chi connectivity index (χ2n) is 7.18. The van der Waals surface area contributed by atoms with E-state index in [4.69, 9.17) is 9.72 Å². The highest BCUT2D eigenvalue weighted by Gasteiger charge is 2.29. The largest absolute Gasteiger partial charge is 0.378 e. The van der Waals surface area contributed by atoms with Crippen molar-refractivity contribution < 1.29 is 9.53 Å². The van der Waals surface area contributed by atoms with Gasteiger partial charge >= 0.3 is 0 Å². The minimum absolute atomic E-state index is 0.0361. The third-order valence-corrected chi connectivity index (χ3v) is 6.42. The highest BCUT2D eigenvalue weighted by Crippen LogP contribution is 2.31. The molecule has 0 atom stereocenters. The lowest BCUT2D eigenvalue weighted by atomic mass is 10.1. The van der Waals surface area contributed by atoms with E-state index in [1.54, 1.807) is 4.90 Å². The summed E-state index contributed by atoms with van der Waals surface area (Å²) in [5, 5.41) is 0.796. The second-order valence-corrected chi connectivity index (χ2v) is 8.16. The van der Waals surface area contributed by atoms with Gasteiger partial charge in [-0.2, -0.15) is 4.98 Å². The van der Waals surface area contributed by atoms with Crippen molar-refractivity contribution in [1.82, 2.24) is 19.5 Å². The van der Waals surface area contributed by atoms with Crippen LogP contribution in [0.15, 0.2) is 30.7 Å². The number of anilines is 2. The van der Waals surface area contributed by atoms with Crippen molar-refractivity contribution in [3.05, 3.63) is 46.9 Å². The molecule has 0 unspecified atom stereocenters. The smallest absolute Gasteiger partial charge is 0.271 e. The van der Waals surface area contributed by atoms with Crippen molar-refractivity contribution in [2.45, 2.75) is 19.8 Å². The van der Waals surface area contributed by atoms with E-state index in [-0.39, 0.29) is 5.91 Å². The summed E-state index contributed by atoms with van der Waals surface area (Å²) in [7, 11) is 0. The minimum atomic E-state index is -0.0361. The van der Waals surface area contributed by atoms with Crippen molar-refractivity contribution in [3.8, 4) is 5.13 Å². The number of carbonyl (C=O) groups excluding carboxylic acids is 1. The summed E-state index contributed by atoms with van der Waals surface area (Å²) in [5.74, 6) is 1.36. The van der Waals surface area contributed by atoms with Gasteiger partial charge in [0.15, 0.2) is 5.13 Å². The van der Waals surface area contributed by atoms with Crippen molar-refractivity contribution in [1.29, 1.82) is 0 Å². The summed E-state index contributed by atoms with van der Waals surface area (Å²) in [6.07, 6.45) is 7.53. The number of thiazole rings is 1. The van der Waals surface area contributed by atoms with Crippen LogP contribution in [0.3, 0.4) is 0 Å². The van der Waals surface area contributed by atoms with Gasteiger partial charge in [0.1, 0.15) is 10.7 Å². The molecule has 0 aliphatic carbocycles. The summed E-state index contributed by atoms with van der Waals surface area (Å²) in [5.41, 5.74) is 1.77. The minimum Gasteiger partial charge on any atom is -0.378 e. The van der Waals surface area contributed by atoms with Crippen molar-refractivity contribution in [2.24, 2.45) is 0 Å². The molecule has 29 heavy (non-hydrogen) atoms. The summed E-state index contributed by atoms with van der Waals surface area (Å²) in [6, 6.07) is 3.90. The molecule has 5 rings (SSSR count). The third-order valence-electron chi connectivity index (χ3n) is 5.26. The number of rotatable bonds is 3. The number of morpholine rings is 1. The fourth-order valence-electron chi connectivity index (χ4n) is 3.72. The number of fused-ring (bicyclic) bond motifs is 1. The van der Waals surface area contributed by atoms with Crippen LogP contribution in [0.2, 0.25) is 0 Å². The zero-order valence-corrected chi connectivity index (χ0v) is 17.1. The van der Waals surface area contributed by atoms with Crippen molar-refractivity contribution in [3.63, 3.8) is 0 Å². The maximum absolute atomic E-state index is 13.4. The van der Waals surface area contributed by atoms with Crippen LogP contribution < -0.4 is 9.80 Å². The zero-order valence-electron chi connectivity index (χ0n) is 16.2. The molecule has 0 aromatic carbocycles. The summed E-state index contributed by atoms with van der Waals surface area (Å²) in [4.78, 5) is 32.0. The number of aryl methyl sites for hydroxylation is 2. The molecule has 0 spiro atoms. The number of hydrogen-bond acceptors (Lipinski definition) is 7. The molecule has 1 saturated heterocycles. The van der Waals surface area contributed by atoms with Gasteiger partial charge in [0.05, 0.1) is 18.9 Å². The zero-order chi connectivity index (χ0) is 19.8. The van der Waals surface area contributed by atoms with Crippen molar-refractivity contribution in [2.75, 3.05) is 42.6 Å². The van der Waals surface area contributed by atoms with E-state index in [1.807, 2.05) is 42.2 Å². The molecule has 2 aliphatic heterocycles. The Bertz CT molecular complexity index is 1030. The van der Waals surface area contributed by atoms with E-state index < -0.39 is 0 Å². The highest BCUT2D eigenvalue weighted by atomic mass is 32.1. The Labute approximate surface area is 172 Å². The fourth-order valence-corrected chi connectivity index (χ4v) is 4.70. The van der Waals surface area contributed by atoms with Crippen LogP contribution in [0.4, 0.5) is 11.8 Å². The lowest BCUT2D eigenvalue weighted by Gasteiger charge is -2.31. The third kappa shape index (κ3) is 3.40. The maximum Gasteiger partial charge on any atom is 0.271 e. The molecule has 0 saturated carbocycles. The quantitative estimate of drug-likeness (QED) is 0.660. The Hall–Kier alpha value is -2.78. The Kier molecular flexibility index (Phi) is 4.76. The van der Waals surface area contributed by atoms with E-state index >= 15 is 0 Å². The first-order valence-corrected chi connectivity index (χ1v) is 10.6. The number of aromatic nitrogens is 4. The molecule has 150 valence electrons. The van der Waals surface area contributed by atoms with Gasteiger partial charge in [-0.05, 0) is 31.9 Å². The van der Waals surface area contributed by atoms with Crippen LogP contribution in [0.1, 0.15) is 27.3 Å². The standard InChI is InChI=1S/C20H22N6O2S/c1-14-16(29-20(22-14)25-6-2-3-7-25)18(27)26-8-4-5-15-13-21-19(23-17(15)26)24-9-11-28-12-10-24/h2-3,6-7,13H,4-5,8-12H2,1H3. The first kappa shape index (κ1) is 18.3. The van der Waals surface area contributed by atoms with Gasteiger partial charge in [-0.15, -0.1) is 0 Å². The summed E-state index contributed by atoms with van der Waals surface area (Å²) in [6.45, 7) is 5.42. The normalized spacial score (nSPS) is 16.7. The molecule has 0 bridgehead atoms. The Morgan fingerprint density at radius 3 is 2.72 bits per heavy atom. The number of nitrogens with zero attached hydrogens (tertiary/aromatic N) is 6. The van der Waals surface area contributed by atoms with Gasteiger partial charge in [-0.3, -0.25) is 9.69 Å². The van der Waals surface area contributed by atoms with Crippen LogP contribution in [0, 0.1) is 6.92 Å². The van der Waals surface area contributed by atoms with Gasteiger partial charge in [-0.25, -0.2) is 9.97 Å².